The molecule has 1 N–H and O–H groups in total. The number of hydrogen-bond donors (Lipinski definition) is 1. The van der Waals surface area contributed by atoms with E-state index in [1.165, 1.54) is 22.1 Å². The van der Waals surface area contributed by atoms with Crippen molar-refractivity contribution in [3.8, 4) is 0 Å². The first-order valence-corrected chi connectivity index (χ1v) is 6.74. The van der Waals surface area contributed by atoms with Gasteiger partial charge in [-0.2, -0.15) is 0 Å². The third-order valence-corrected chi connectivity index (χ3v) is 3.69. The zero-order chi connectivity index (χ0) is 11.5. The molecule has 1 aromatic carbocycles. The lowest BCUT2D eigenvalue weighted by Gasteiger charge is -2.21. The summed E-state index contributed by atoms with van der Waals surface area (Å²) in [5, 5.41) is 3.52. The lowest BCUT2D eigenvalue weighted by molar-refractivity contribution is 0.572. The summed E-state index contributed by atoms with van der Waals surface area (Å²) in [4.78, 5) is 2.48. The van der Waals surface area contributed by atoms with Gasteiger partial charge in [-0.3, -0.25) is 0 Å². The van der Waals surface area contributed by atoms with Crippen molar-refractivity contribution < 1.29 is 0 Å². The number of likely N-dealkylation sites (N-methyl/N-ethyl adjacent to an activating group) is 1. The summed E-state index contributed by atoms with van der Waals surface area (Å²) in [5.41, 5.74) is 2.73. The summed E-state index contributed by atoms with van der Waals surface area (Å²) in [7, 11) is 0. The molecule has 1 saturated heterocycles. The van der Waals surface area contributed by atoms with Crippen LogP contribution in [0.1, 0.15) is 18.9 Å². The van der Waals surface area contributed by atoms with Crippen molar-refractivity contribution in [1.29, 1.82) is 0 Å². The Kier molecular flexibility index (Phi) is 3.87. The van der Waals surface area contributed by atoms with E-state index in [0.717, 1.165) is 19.6 Å². The molecule has 1 atom stereocenters. The predicted octanol–water partition coefficient (Wildman–Crippen LogP) is 2.95. The van der Waals surface area contributed by atoms with Gasteiger partial charge in [0.15, 0.2) is 0 Å². The summed E-state index contributed by atoms with van der Waals surface area (Å²) in [6.07, 6.45) is 1.25. The van der Waals surface area contributed by atoms with Gasteiger partial charge in [0.2, 0.25) is 0 Å². The molecule has 0 amide bonds. The third kappa shape index (κ3) is 2.58. The Labute approximate surface area is 106 Å². The van der Waals surface area contributed by atoms with Crippen molar-refractivity contribution >= 4 is 21.6 Å². The third-order valence-electron chi connectivity index (χ3n) is 3.19. The standard InChI is InChI=1S/C13H19BrN2/c1-3-15-12-6-7-16(9-12)13-8-11(14)5-4-10(13)2/h4-5,8,12,15H,3,6-7,9H2,1-2H3. The van der Waals surface area contributed by atoms with Crippen molar-refractivity contribution in [2.24, 2.45) is 0 Å². The molecule has 0 bridgehead atoms. The van der Waals surface area contributed by atoms with Crippen LogP contribution in [0.3, 0.4) is 0 Å². The first-order chi connectivity index (χ1) is 7.70. The zero-order valence-electron chi connectivity index (χ0n) is 9.96. The van der Waals surface area contributed by atoms with Crippen LogP contribution >= 0.6 is 15.9 Å². The molecule has 0 radical (unpaired) electrons. The van der Waals surface area contributed by atoms with Crippen molar-refractivity contribution in [3.63, 3.8) is 0 Å². The van der Waals surface area contributed by atoms with Gasteiger partial charge >= 0.3 is 0 Å². The molecule has 1 aromatic rings. The fourth-order valence-electron chi connectivity index (χ4n) is 2.36. The van der Waals surface area contributed by atoms with Gasteiger partial charge < -0.3 is 10.2 Å². The largest absolute Gasteiger partial charge is 0.370 e. The van der Waals surface area contributed by atoms with Gasteiger partial charge in [-0.1, -0.05) is 28.9 Å². The average Bonchev–Trinajstić information content (AvgIpc) is 2.71. The van der Waals surface area contributed by atoms with Crippen LogP contribution in [-0.4, -0.2) is 25.7 Å². The van der Waals surface area contributed by atoms with Crippen molar-refractivity contribution in [2.45, 2.75) is 26.3 Å². The first kappa shape index (κ1) is 11.9. The topological polar surface area (TPSA) is 15.3 Å². The van der Waals surface area contributed by atoms with Gasteiger partial charge in [-0.05, 0) is 37.6 Å². The van der Waals surface area contributed by atoms with Crippen LogP contribution in [0.4, 0.5) is 5.69 Å². The average molecular weight is 283 g/mol. The van der Waals surface area contributed by atoms with E-state index in [1.54, 1.807) is 0 Å². The molecule has 0 spiro atoms. The number of halogens is 1. The van der Waals surface area contributed by atoms with Crippen LogP contribution in [0, 0.1) is 6.92 Å². The molecule has 0 aliphatic carbocycles. The number of anilines is 1. The monoisotopic (exact) mass is 282 g/mol. The quantitative estimate of drug-likeness (QED) is 0.917. The Bertz CT molecular complexity index is 365. The number of nitrogens with zero attached hydrogens (tertiary/aromatic N) is 1. The van der Waals surface area contributed by atoms with E-state index in [-0.39, 0.29) is 0 Å². The molecular weight excluding hydrogens is 264 g/mol. The lowest BCUT2D eigenvalue weighted by Crippen LogP contribution is -2.32. The van der Waals surface area contributed by atoms with E-state index in [0.29, 0.717) is 6.04 Å². The maximum atomic E-state index is 3.55. The van der Waals surface area contributed by atoms with Gasteiger partial charge in [0.25, 0.3) is 0 Å². The number of aryl methyl sites for hydroxylation is 1. The number of hydrogen-bond acceptors (Lipinski definition) is 2. The summed E-state index contributed by atoms with van der Waals surface area (Å²) in [6.45, 7) is 7.71. The van der Waals surface area contributed by atoms with E-state index in [2.05, 4.69) is 58.2 Å². The van der Waals surface area contributed by atoms with E-state index in [4.69, 9.17) is 0 Å². The lowest BCUT2D eigenvalue weighted by atomic mass is 10.2. The maximum absolute atomic E-state index is 3.55. The Balaban J connectivity index is 2.11. The van der Waals surface area contributed by atoms with Crippen LogP contribution in [0.2, 0.25) is 0 Å². The van der Waals surface area contributed by atoms with Crippen LogP contribution in [0.25, 0.3) is 0 Å². The van der Waals surface area contributed by atoms with E-state index < -0.39 is 0 Å². The van der Waals surface area contributed by atoms with Crippen LogP contribution in [-0.2, 0) is 0 Å². The summed E-state index contributed by atoms with van der Waals surface area (Å²) in [5.74, 6) is 0. The van der Waals surface area contributed by atoms with Crippen molar-refractivity contribution in [2.75, 3.05) is 24.5 Å². The minimum absolute atomic E-state index is 0.656. The Morgan fingerprint density at radius 3 is 3.06 bits per heavy atom. The molecule has 2 rings (SSSR count). The summed E-state index contributed by atoms with van der Waals surface area (Å²) < 4.78 is 1.17. The highest BCUT2D eigenvalue weighted by molar-refractivity contribution is 9.10. The van der Waals surface area contributed by atoms with E-state index >= 15 is 0 Å². The van der Waals surface area contributed by atoms with Crippen molar-refractivity contribution in [1.82, 2.24) is 5.32 Å². The van der Waals surface area contributed by atoms with Crippen molar-refractivity contribution in [3.05, 3.63) is 28.2 Å². The zero-order valence-corrected chi connectivity index (χ0v) is 11.5. The molecular formula is C13H19BrN2. The molecule has 0 aromatic heterocycles. The normalized spacial score (nSPS) is 20.4. The fraction of sp³-hybridized carbons (Fsp3) is 0.538. The van der Waals surface area contributed by atoms with Crippen LogP contribution in [0.15, 0.2) is 22.7 Å². The highest BCUT2D eigenvalue weighted by atomic mass is 79.9. The Morgan fingerprint density at radius 2 is 2.31 bits per heavy atom. The molecule has 1 aliphatic rings. The molecule has 1 fully saturated rings. The number of rotatable bonds is 3. The predicted molar refractivity (Wildman–Crippen MR) is 73.2 cm³/mol. The SMILES string of the molecule is CCNC1CCN(c2cc(Br)ccc2C)C1. The molecule has 1 heterocycles. The number of benzene rings is 1. The van der Waals surface area contributed by atoms with Gasteiger partial charge in [-0.25, -0.2) is 0 Å². The Morgan fingerprint density at radius 1 is 1.50 bits per heavy atom. The summed E-state index contributed by atoms with van der Waals surface area (Å²) >= 11 is 3.55. The van der Waals surface area contributed by atoms with Gasteiger partial charge in [0.05, 0.1) is 0 Å². The molecule has 2 nitrogen and oxygen atoms in total. The second kappa shape index (κ2) is 5.19. The maximum Gasteiger partial charge on any atom is 0.0407 e. The van der Waals surface area contributed by atoms with E-state index in [1.807, 2.05) is 0 Å². The molecule has 1 unspecified atom stereocenters. The molecule has 0 saturated carbocycles. The molecule has 3 heteroatoms. The van der Waals surface area contributed by atoms with Gasteiger partial charge in [-0.15, -0.1) is 0 Å². The molecule has 88 valence electrons. The highest BCUT2D eigenvalue weighted by Crippen LogP contribution is 2.27. The van der Waals surface area contributed by atoms with E-state index in [9.17, 15) is 0 Å². The fourth-order valence-corrected chi connectivity index (χ4v) is 2.71. The van der Waals surface area contributed by atoms with Crippen LogP contribution in [0.5, 0.6) is 0 Å². The first-order valence-electron chi connectivity index (χ1n) is 5.95. The molecule has 16 heavy (non-hydrogen) atoms. The smallest absolute Gasteiger partial charge is 0.0407 e. The minimum Gasteiger partial charge on any atom is -0.370 e. The minimum atomic E-state index is 0.656. The van der Waals surface area contributed by atoms with Gasteiger partial charge in [0.1, 0.15) is 0 Å². The van der Waals surface area contributed by atoms with Gasteiger partial charge in [0, 0.05) is 29.3 Å². The highest BCUT2D eigenvalue weighted by Gasteiger charge is 2.22. The second-order valence-corrected chi connectivity index (χ2v) is 5.34. The Hall–Kier alpha value is -0.540. The second-order valence-electron chi connectivity index (χ2n) is 4.42. The summed E-state index contributed by atoms with van der Waals surface area (Å²) in [6, 6.07) is 7.17. The number of nitrogens with one attached hydrogen (secondary N) is 1. The van der Waals surface area contributed by atoms with Crippen LogP contribution < -0.4 is 10.2 Å². The molecule has 1 aliphatic heterocycles.